The maximum Gasteiger partial charge on any atom is 0.251 e. The quantitative estimate of drug-likeness (QED) is 0.316. The summed E-state index contributed by atoms with van der Waals surface area (Å²) in [4.78, 5) is 17.3. The zero-order chi connectivity index (χ0) is 23.0. The number of rotatable bonds is 10. The van der Waals surface area contributed by atoms with Crippen LogP contribution < -0.4 is 14.8 Å². The second-order valence-electron chi connectivity index (χ2n) is 7.59. The van der Waals surface area contributed by atoms with Crippen LogP contribution in [0.2, 0.25) is 5.02 Å². The highest BCUT2D eigenvalue weighted by molar-refractivity contribution is 6.30. The molecule has 1 N–H and O–H groups in total. The van der Waals surface area contributed by atoms with Crippen molar-refractivity contribution in [3.63, 3.8) is 0 Å². The number of hydrogen-bond acceptors (Lipinski definition) is 4. The van der Waals surface area contributed by atoms with Crippen LogP contribution in [0, 0.1) is 0 Å². The van der Waals surface area contributed by atoms with E-state index < -0.39 is 0 Å². The fourth-order valence-electron chi connectivity index (χ4n) is 3.61. The normalized spacial score (nSPS) is 10.8. The van der Waals surface area contributed by atoms with Crippen molar-refractivity contribution in [1.29, 1.82) is 0 Å². The predicted octanol–water partition coefficient (Wildman–Crippen LogP) is 5.49. The standard InChI is InChI=1S/C26H26ClN3O3/c1-32-21-12-8-19(9-13-21)26(31)28-18-25-29-23-6-2-3-7-24(23)30(25)16-4-5-17-33-22-14-10-20(27)11-15-22/h2-3,6-15H,4-5,16-18H2,1H3,(H,28,31). The van der Waals surface area contributed by atoms with Crippen molar-refractivity contribution >= 4 is 28.5 Å². The van der Waals surface area contributed by atoms with Gasteiger partial charge in [-0.05, 0) is 73.5 Å². The minimum atomic E-state index is -0.146. The number of para-hydroxylation sites is 2. The molecule has 6 nitrogen and oxygen atoms in total. The molecule has 0 aliphatic heterocycles. The average Bonchev–Trinajstić information content (AvgIpc) is 3.21. The molecule has 3 aromatic carbocycles. The Morgan fingerprint density at radius 1 is 0.970 bits per heavy atom. The Morgan fingerprint density at radius 2 is 1.70 bits per heavy atom. The number of carbonyl (C=O) groups excluding carboxylic acids is 1. The van der Waals surface area contributed by atoms with Gasteiger partial charge in [-0.2, -0.15) is 0 Å². The highest BCUT2D eigenvalue weighted by atomic mass is 35.5. The highest BCUT2D eigenvalue weighted by Crippen LogP contribution is 2.19. The van der Waals surface area contributed by atoms with E-state index in [1.165, 1.54) is 0 Å². The Morgan fingerprint density at radius 3 is 2.45 bits per heavy atom. The molecule has 1 heterocycles. The van der Waals surface area contributed by atoms with E-state index in [1.54, 1.807) is 31.4 Å². The molecule has 0 aliphatic rings. The number of benzene rings is 3. The molecule has 33 heavy (non-hydrogen) atoms. The maximum atomic E-state index is 12.6. The number of carbonyl (C=O) groups is 1. The van der Waals surface area contributed by atoms with Crippen molar-refractivity contribution in [2.75, 3.05) is 13.7 Å². The molecule has 0 atom stereocenters. The van der Waals surface area contributed by atoms with Gasteiger partial charge in [-0.1, -0.05) is 23.7 Å². The van der Waals surface area contributed by atoms with Gasteiger partial charge in [0.2, 0.25) is 0 Å². The zero-order valence-corrected chi connectivity index (χ0v) is 19.2. The lowest BCUT2D eigenvalue weighted by atomic mass is 10.2. The first-order valence-electron chi connectivity index (χ1n) is 10.9. The monoisotopic (exact) mass is 463 g/mol. The van der Waals surface area contributed by atoms with Gasteiger partial charge in [0.15, 0.2) is 0 Å². The van der Waals surface area contributed by atoms with Crippen LogP contribution in [0.3, 0.4) is 0 Å². The summed E-state index contributed by atoms with van der Waals surface area (Å²) in [5, 5.41) is 3.68. The Balaban J connectivity index is 1.36. The summed E-state index contributed by atoms with van der Waals surface area (Å²) in [7, 11) is 1.60. The molecule has 4 rings (SSSR count). The van der Waals surface area contributed by atoms with Gasteiger partial charge >= 0.3 is 0 Å². The molecule has 0 unspecified atom stereocenters. The van der Waals surface area contributed by atoms with E-state index in [0.717, 1.165) is 42.0 Å². The number of unbranched alkanes of at least 4 members (excludes halogenated alkanes) is 1. The molecule has 170 valence electrons. The van der Waals surface area contributed by atoms with Crippen molar-refractivity contribution in [3.05, 3.63) is 89.2 Å². The number of aryl methyl sites for hydroxylation is 1. The molecular formula is C26H26ClN3O3. The van der Waals surface area contributed by atoms with Crippen LogP contribution in [-0.4, -0.2) is 29.2 Å². The summed E-state index contributed by atoms with van der Waals surface area (Å²) in [5.74, 6) is 2.21. The Labute approximate surface area is 198 Å². The first kappa shape index (κ1) is 22.7. The number of ether oxygens (including phenoxy) is 2. The minimum Gasteiger partial charge on any atom is -0.497 e. The average molecular weight is 464 g/mol. The van der Waals surface area contributed by atoms with Crippen LogP contribution in [0.25, 0.3) is 11.0 Å². The van der Waals surface area contributed by atoms with E-state index in [-0.39, 0.29) is 5.91 Å². The van der Waals surface area contributed by atoms with Crippen molar-refractivity contribution in [3.8, 4) is 11.5 Å². The van der Waals surface area contributed by atoms with Gasteiger partial charge in [0.05, 0.1) is 31.3 Å². The second kappa shape index (κ2) is 10.9. The molecule has 0 aliphatic carbocycles. The van der Waals surface area contributed by atoms with Gasteiger partial charge in [0, 0.05) is 17.1 Å². The molecule has 0 radical (unpaired) electrons. The molecule has 0 fully saturated rings. The number of hydrogen-bond donors (Lipinski definition) is 1. The Kier molecular flexibility index (Phi) is 7.47. The van der Waals surface area contributed by atoms with E-state index >= 15 is 0 Å². The summed E-state index contributed by atoms with van der Waals surface area (Å²) in [6.45, 7) is 1.76. The van der Waals surface area contributed by atoms with Crippen molar-refractivity contribution < 1.29 is 14.3 Å². The van der Waals surface area contributed by atoms with Gasteiger partial charge < -0.3 is 19.4 Å². The van der Waals surface area contributed by atoms with E-state index in [4.69, 9.17) is 26.1 Å². The largest absolute Gasteiger partial charge is 0.497 e. The van der Waals surface area contributed by atoms with Gasteiger partial charge in [-0.25, -0.2) is 4.98 Å². The number of methoxy groups -OCH3 is 1. The summed E-state index contributed by atoms with van der Waals surface area (Å²) in [6.07, 6.45) is 1.82. The highest BCUT2D eigenvalue weighted by Gasteiger charge is 2.12. The lowest BCUT2D eigenvalue weighted by molar-refractivity contribution is 0.0949. The fourth-order valence-corrected chi connectivity index (χ4v) is 3.73. The number of halogens is 1. The van der Waals surface area contributed by atoms with Gasteiger partial charge in [-0.15, -0.1) is 0 Å². The number of aromatic nitrogens is 2. The van der Waals surface area contributed by atoms with Crippen molar-refractivity contribution in [2.24, 2.45) is 0 Å². The van der Waals surface area contributed by atoms with Crippen LogP contribution in [0.1, 0.15) is 29.0 Å². The van der Waals surface area contributed by atoms with Crippen molar-refractivity contribution in [1.82, 2.24) is 14.9 Å². The van der Waals surface area contributed by atoms with Crippen molar-refractivity contribution in [2.45, 2.75) is 25.9 Å². The third-order valence-electron chi connectivity index (χ3n) is 5.35. The molecule has 0 spiro atoms. The van der Waals surface area contributed by atoms with E-state index in [2.05, 4.69) is 16.0 Å². The predicted molar refractivity (Wildman–Crippen MR) is 130 cm³/mol. The second-order valence-corrected chi connectivity index (χ2v) is 8.03. The summed E-state index contributed by atoms with van der Waals surface area (Å²) in [6, 6.07) is 22.4. The lowest BCUT2D eigenvalue weighted by Crippen LogP contribution is -2.24. The molecular weight excluding hydrogens is 438 g/mol. The fraction of sp³-hybridized carbons (Fsp3) is 0.231. The van der Waals surface area contributed by atoms with E-state index in [9.17, 15) is 4.79 Å². The smallest absolute Gasteiger partial charge is 0.251 e. The Bertz CT molecular complexity index is 1200. The van der Waals surface area contributed by atoms with Crippen LogP contribution in [-0.2, 0) is 13.1 Å². The first-order valence-corrected chi connectivity index (χ1v) is 11.3. The number of amides is 1. The minimum absolute atomic E-state index is 0.146. The van der Waals surface area contributed by atoms with Crippen LogP contribution in [0.5, 0.6) is 11.5 Å². The molecule has 1 amide bonds. The molecule has 0 saturated heterocycles. The maximum absolute atomic E-state index is 12.6. The Hall–Kier alpha value is -3.51. The first-order chi connectivity index (χ1) is 16.1. The van der Waals surface area contributed by atoms with Crippen LogP contribution in [0.15, 0.2) is 72.8 Å². The third-order valence-corrected chi connectivity index (χ3v) is 5.60. The number of nitrogens with zero attached hydrogens (tertiary/aromatic N) is 2. The summed E-state index contributed by atoms with van der Waals surface area (Å²) < 4.78 is 13.1. The SMILES string of the molecule is COc1ccc(C(=O)NCc2nc3ccccc3n2CCCCOc2ccc(Cl)cc2)cc1. The van der Waals surface area contributed by atoms with Gasteiger partial charge in [0.1, 0.15) is 17.3 Å². The van der Waals surface area contributed by atoms with Crippen LogP contribution in [0.4, 0.5) is 0 Å². The number of nitrogens with one attached hydrogen (secondary N) is 1. The van der Waals surface area contributed by atoms with E-state index in [0.29, 0.717) is 29.5 Å². The molecule has 7 heteroatoms. The van der Waals surface area contributed by atoms with Gasteiger partial charge in [0.25, 0.3) is 5.91 Å². The summed E-state index contributed by atoms with van der Waals surface area (Å²) in [5.41, 5.74) is 2.56. The summed E-state index contributed by atoms with van der Waals surface area (Å²) >= 11 is 5.91. The van der Waals surface area contributed by atoms with E-state index in [1.807, 2.05) is 42.5 Å². The zero-order valence-electron chi connectivity index (χ0n) is 18.5. The number of imidazole rings is 1. The molecule has 4 aromatic rings. The molecule has 1 aromatic heterocycles. The number of fused-ring (bicyclic) bond motifs is 1. The lowest BCUT2D eigenvalue weighted by Gasteiger charge is -2.11. The third kappa shape index (κ3) is 5.84. The van der Waals surface area contributed by atoms with Gasteiger partial charge in [-0.3, -0.25) is 4.79 Å². The van der Waals surface area contributed by atoms with Crippen LogP contribution >= 0.6 is 11.6 Å². The molecule has 0 saturated carbocycles. The molecule has 0 bridgehead atoms. The topological polar surface area (TPSA) is 65.4 Å².